The molecule has 8 aliphatic carbocycles. The van der Waals surface area contributed by atoms with Crippen LogP contribution in [0.15, 0.2) is 47.6 Å². The Bertz CT molecular complexity index is 2080. The molecule has 18 heteroatoms. The summed E-state index contributed by atoms with van der Waals surface area (Å²) in [6.07, 6.45) is 7.97. The Labute approximate surface area is 405 Å². The maximum atomic E-state index is 17.0. The van der Waals surface area contributed by atoms with Crippen LogP contribution in [0.1, 0.15) is 92.9 Å². The molecule has 62 heavy (non-hydrogen) atoms. The first-order valence-electron chi connectivity index (χ1n) is 21.0. The van der Waals surface area contributed by atoms with Crippen molar-refractivity contribution in [2.75, 3.05) is 13.2 Å². The molecule has 6 saturated carbocycles. The first-order chi connectivity index (χ1) is 27.6. The summed E-state index contributed by atoms with van der Waals surface area (Å²) < 4.78 is 48.9. The second-order valence-corrected chi connectivity index (χ2v) is 21.2. The smallest absolute Gasteiger partial charge is 0.790 e. The van der Waals surface area contributed by atoms with Gasteiger partial charge in [0.25, 0.3) is 0 Å². The molecule has 16 atom stereocenters. The molecule has 0 amide bonds. The van der Waals surface area contributed by atoms with Gasteiger partial charge in [0.05, 0.1) is 20.0 Å². The number of rotatable bonds is 6. The second kappa shape index (κ2) is 16.9. The minimum atomic E-state index is -5.43. The first-order valence-corrected chi connectivity index (χ1v) is 22.4. The number of carbonyl (C=O) groups excluding carboxylic acids is 4. The van der Waals surface area contributed by atoms with E-state index in [9.17, 15) is 59.1 Å². The van der Waals surface area contributed by atoms with Crippen molar-refractivity contribution in [3.8, 4) is 0 Å². The SMILES string of the molecule is C[C@@H]1C[C@H]2[C@@H]3CCC4=CC(=O)C=C[C@]4(C)[C@@]3(F)[C@@H](O)C[C@]2(C)[C@@]1(O)C(=O)CO.C[C@@H]1C[C@H]2[C@@H]3CCC4=CC(=O)C=C[C@]4(C)[C@@]3(F)[C@@H](O)C[C@]2(C)[C@@]1(O)C(=O)COP(=O)([O-])[O-].[Na+].[Na+]. The normalized spacial score (nSPS) is 48.5. The number of phosphoric ester groups is 1. The topological polar surface area (TPSA) is 242 Å². The molecular formula is C44H57F2Na2O13P. The third-order valence-electron chi connectivity index (χ3n) is 17.8. The molecule has 0 saturated heterocycles. The largest absolute Gasteiger partial charge is 1.00 e. The summed E-state index contributed by atoms with van der Waals surface area (Å²) in [5.74, 6) is -5.17. The fraction of sp³-hybridized carbons (Fsp3) is 0.727. The van der Waals surface area contributed by atoms with E-state index in [4.69, 9.17) is 0 Å². The zero-order valence-corrected chi connectivity index (χ0v) is 41.8. The zero-order chi connectivity index (χ0) is 44.6. The van der Waals surface area contributed by atoms with Gasteiger partial charge in [-0.2, -0.15) is 0 Å². The number of hydrogen-bond donors (Lipinski definition) is 5. The molecule has 0 radical (unpaired) electrons. The van der Waals surface area contributed by atoms with Gasteiger partial charge in [-0.15, -0.1) is 0 Å². The molecule has 0 aliphatic heterocycles. The van der Waals surface area contributed by atoms with Crippen LogP contribution in [0, 0.1) is 57.2 Å². The van der Waals surface area contributed by atoms with Gasteiger partial charge >= 0.3 is 59.1 Å². The van der Waals surface area contributed by atoms with Crippen molar-refractivity contribution >= 4 is 31.0 Å². The van der Waals surface area contributed by atoms with Crippen molar-refractivity contribution in [3.05, 3.63) is 47.6 Å². The average Bonchev–Trinajstić information content (AvgIpc) is 3.50. The molecule has 0 heterocycles. The van der Waals surface area contributed by atoms with Crippen LogP contribution >= 0.6 is 7.82 Å². The molecule has 0 aromatic heterocycles. The van der Waals surface area contributed by atoms with E-state index in [1.54, 1.807) is 47.6 Å². The Morgan fingerprint density at radius 2 is 1.11 bits per heavy atom. The van der Waals surface area contributed by atoms with Gasteiger partial charge in [-0.3, -0.25) is 19.2 Å². The van der Waals surface area contributed by atoms with Crippen LogP contribution < -0.4 is 68.9 Å². The maximum absolute atomic E-state index is 17.0. The molecular weight excluding hydrogens is 851 g/mol. The van der Waals surface area contributed by atoms with Gasteiger partial charge in [-0.05, 0) is 113 Å². The van der Waals surface area contributed by atoms with Crippen molar-refractivity contribution in [2.24, 2.45) is 57.2 Å². The Hall–Kier alpha value is -0.590. The van der Waals surface area contributed by atoms with Crippen molar-refractivity contribution in [3.63, 3.8) is 0 Å². The zero-order valence-electron chi connectivity index (χ0n) is 36.9. The predicted molar refractivity (Wildman–Crippen MR) is 206 cm³/mol. The van der Waals surface area contributed by atoms with Crippen molar-refractivity contribution in [1.82, 2.24) is 0 Å². The van der Waals surface area contributed by atoms with E-state index < -0.39 is 119 Å². The van der Waals surface area contributed by atoms with Gasteiger partial charge in [-0.25, -0.2) is 8.78 Å². The minimum Gasteiger partial charge on any atom is -0.790 e. The number of carbonyl (C=O) groups is 4. The van der Waals surface area contributed by atoms with E-state index in [0.29, 0.717) is 43.3 Å². The molecule has 0 spiro atoms. The van der Waals surface area contributed by atoms with Crippen LogP contribution in [0.25, 0.3) is 0 Å². The summed E-state index contributed by atoms with van der Waals surface area (Å²) in [4.78, 5) is 70.9. The quantitative estimate of drug-likeness (QED) is 0.130. The Morgan fingerprint density at radius 1 is 0.742 bits per heavy atom. The number of fused-ring (bicyclic) bond motifs is 10. The molecule has 5 N–H and O–H groups in total. The molecule has 332 valence electrons. The molecule has 0 bridgehead atoms. The summed E-state index contributed by atoms with van der Waals surface area (Å²) in [5, 5.41) is 54.7. The Kier molecular flexibility index (Phi) is 14.3. The van der Waals surface area contributed by atoms with E-state index in [2.05, 4.69) is 4.52 Å². The van der Waals surface area contributed by atoms with Gasteiger partial charge in [-0.1, -0.05) is 51.0 Å². The van der Waals surface area contributed by atoms with Crippen molar-refractivity contribution in [1.29, 1.82) is 0 Å². The molecule has 8 aliphatic rings. The van der Waals surface area contributed by atoms with Crippen LogP contribution in [0.4, 0.5) is 8.78 Å². The number of allylic oxidation sites excluding steroid dienone is 8. The van der Waals surface area contributed by atoms with Gasteiger partial charge in [0, 0.05) is 33.5 Å². The number of halogens is 2. The number of aliphatic hydroxyl groups is 5. The fourth-order valence-electron chi connectivity index (χ4n) is 14.6. The molecule has 6 fully saturated rings. The van der Waals surface area contributed by atoms with Gasteiger partial charge < -0.3 is 44.4 Å². The van der Waals surface area contributed by atoms with Crippen LogP contribution in [0.2, 0.25) is 0 Å². The maximum Gasteiger partial charge on any atom is 1.00 e. The van der Waals surface area contributed by atoms with Gasteiger partial charge in [0.2, 0.25) is 0 Å². The fourth-order valence-corrected chi connectivity index (χ4v) is 14.9. The second-order valence-electron chi connectivity index (χ2n) is 20.1. The Morgan fingerprint density at radius 3 is 1.47 bits per heavy atom. The van der Waals surface area contributed by atoms with Crippen LogP contribution in [-0.2, 0) is 28.3 Å². The molecule has 0 aromatic rings. The number of Topliss-reactive ketones (excluding diaryl/α,β-unsaturated/α-hetero) is 2. The molecule has 13 nitrogen and oxygen atoms in total. The summed E-state index contributed by atoms with van der Waals surface area (Å²) in [5.41, 5.74) is -11.2. The van der Waals surface area contributed by atoms with E-state index in [0.717, 1.165) is 0 Å². The average molecular weight is 909 g/mol. The van der Waals surface area contributed by atoms with E-state index >= 15 is 8.78 Å². The van der Waals surface area contributed by atoms with E-state index in [1.807, 2.05) is 0 Å². The summed E-state index contributed by atoms with van der Waals surface area (Å²) >= 11 is 0. The third kappa shape index (κ3) is 6.90. The van der Waals surface area contributed by atoms with Gasteiger partial charge in [0.1, 0.15) is 24.4 Å². The van der Waals surface area contributed by atoms with Crippen LogP contribution in [0.3, 0.4) is 0 Å². The van der Waals surface area contributed by atoms with E-state index in [-0.39, 0.29) is 95.9 Å². The van der Waals surface area contributed by atoms with Crippen molar-refractivity contribution < 1.29 is 131 Å². The van der Waals surface area contributed by atoms with Crippen LogP contribution in [0.5, 0.6) is 0 Å². The number of alkyl halides is 2. The summed E-state index contributed by atoms with van der Waals surface area (Å²) in [6.45, 7) is 8.28. The van der Waals surface area contributed by atoms with Gasteiger partial charge in [0.15, 0.2) is 34.5 Å². The third-order valence-corrected chi connectivity index (χ3v) is 18.2. The molecule has 0 unspecified atom stereocenters. The summed E-state index contributed by atoms with van der Waals surface area (Å²) in [7, 11) is -5.43. The monoisotopic (exact) mass is 908 g/mol. The van der Waals surface area contributed by atoms with Crippen molar-refractivity contribution in [2.45, 2.75) is 128 Å². The predicted octanol–water partition coefficient (Wildman–Crippen LogP) is -3.35. The minimum absolute atomic E-state index is 0. The number of phosphoric acid groups is 1. The number of hydrogen-bond acceptors (Lipinski definition) is 13. The molecule has 0 aromatic carbocycles. The first kappa shape index (κ1) is 52.4. The Balaban J connectivity index is 0.000000229. The number of aliphatic hydroxyl groups excluding tert-OH is 3. The summed E-state index contributed by atoms with van der Waals surface area (Å²) in [6, 6.07) is 0. The standard InChI is InChI=1S/C22H30FO8P.C22H29FO5.2Na/c1-12-8-16-15-5-4-13-9-14(24)6-7-19(13,2)21(15,23)17(25)10-20(16,3)22(12,27)18(26)11-31-32(28,29)30;1-12-8-16-15-5-4-13-9-14(25)6-7-19(13,2)21(15,23)17(26)10-20(16,3)22(12,28)18(27)11-24;;/h6-7,9,12,15-17,25,27H,4-5,8,10-11H2,1-3H3,(H2,28,29,30);6-7,9,12,15-17,24,26,28H,4-5,8,10-11H2,1-3H3;;/q;;2*+1/p-2/t2*12-,15+,16+,17+,19+,20+,21+,22+;;/m11../s1. The van der Waals surface area contributed by atoms with E-state index in [1.165, 1.54) is 30.4 Å². The van der Waals surface area contributed by atoms with Crippen LogP contribution in [-0.4, -0.2) is 96.6 Å². The molecule has 8 rings (SSSR count). The number of ketones is 4.